The molecular formula is C13H10ClN3O2. The Morgan fingerprint density at radius 1 is 1.37 bits per heavy atom. The quantitative estimate of drug-likeness (QED) is 0.506. The molecular weight excluding hydrogens is 266 g/mol. The number of imidazole rings is 1. The summed E-state index contributed by atoms with van der Waals surface area (Å²) < 4.78 is 6.41. The number of esters is 1. The summed E-state index contributed by atoms with van der Waals surface area (Å²) in [5.74, 6) is -0.404. The molecule has 96 valence electrons. The fourth-order valence-electron chi connectivity index (χ4n) is 2.04. The van der Waals surface area contributed by atoms with Gasteiger partial charge in [-0.3, -0.25) is 4.40 Å². The van der Waals surface area contributed by atoms with E-state index in [4.69, 9.17) is 11.6 Å². The molecule has 0 radical (unpaired) electrons. The number of hydrogen-bond acceptors (Lipinski definition) is 4. The third-order valence-electron chi connectivity index (χ3n) is 2.90. The van der Waals surface area contributed by atoms with E-state index in [0.29, 0.717) is 16.4 Å². The lowest BCUT2D eigenvalue weighted by molar-refractivity contribution is 0.0601. The van der Waals surface area contributed by atoms with E-state index >= 15 is 0 Å². The lowest BCUT2D eigenvalue weighted by Gasteiger charge is -2.04. The molecule has 0 fully saturated rings. The first kappa shape index (κ1) is 11.9. The molecule has 0 unspecified atom stereocenters. The van der Waals surface area contributed by atoms with Crippen molar-refractivity contribution in [1.82, 2.24) is 14.4 Å². The number of fused-ring (bicyclic) bond motifs is 3. The number of methoxy groups -OCH3 is 1. The summed E-state index contributed by atoms with van der Waals surface area (Å²) in [6, 6.07) is 5.14. The van der Waals surface area contributed by atoms with Gasteiger partial charge in [0, 0.05) is 11.6 Å². The minimum atomic E-state index is -0.404. The minimum absolute atomic E-state index is 0.310. The topological polar surface area (TPSA) is 56.5 Å². The van der Waals surface area contributed by atoms with Crippen molar-refractivity contribution in [2.24, 2.45) is 0 Å². The van der Waals surface area contributed by atoms with Crippen LogP contribution < -0.4 is 0 Å². The van der Waals surface area contributed by atoms with Crippen molar-refractivity contribution < 1.29 is 9.53 Å². The predicted octanol–water partition coefficient (Wildman–Crippen LogP) is 2.63. The highest BCUT2D eigenvalue weighted by atomic mass is 35.5. The van der Waals surface area contributed by atoms with Crippen LogP contribution in [-0.4, -0.2) is 27.4 Å². The highest BCUT2D eigenvalue weighted by molar-refractivity contribution is 6.29. The molecule has 0 aliphatic heterocycles. The van der Waals surface area contributed by atoms with Gasteiger partial charge in [-0.05, 0) is 36.7 Å². The van der Waals surface area contributed by atoms with Crippen molar-refractivity contribution in [3.8, 4) is 0 Å². The number of halogens is 1. The maximum absolute atomic E-state index is 11.5. The van der Waals surface area contributed by atoms with Crippen molar-refractivity contribution in [3.63, 3.8) is 0 Å². The molecule has 1 aromatic carbocycles. The summed E-state index contributed by atoms with van der Waals surface area (Å²) >= 11 is 6.11. The van der Waals surface area contributed by atoms with Crippen LogP contribution >= 0.6 is 11.6 Å². The highest BCUT2D eigenvalue weighted by Gasteiger charge is 2.12. The monoisotopic (exact) mass is 275 g/mol. The highest BCUT2D eigenvalue weighted by Crippen LogP contribution is 2.23. The lowest BCUT2D eigenvalue weighted by atomic mass is 10.1. The van der Waals surface area contributed by atoms with Gasteiger partial charge < -0.3 is 4.74 Å². The average Bonchev–Trinajstić information content (AvgIpc) is 2.80. The number of aryl methyl sites for hydroxylation is 1. The zero-order chi connectivity index (χ0) is 13.6. The summed E-state index contributed by atoms with van der Waals surface area (Å²) in [5.41, 5.74) is 2.63. The second kappa shape index (κ2) is 4.20. The van der Waals surface area contributed by atoms with Crippen molar-refractivity contribution in [2.75, 3.05) is 7.11 Å². The van der Waals surface area contributed by atoms with Gasteiger partial charge in [-0.15, -0.1) is 0 Å². The largest absolute Gasteiger partial charge is 0.465 e. The molecule has 6 heteroatoms. The van der Waals surface area contributed by atoms with Crippen LogP contribution in [0.25, 0.3) is 16.6 Å². The first-order valence-corrected chi connectivity index (χ1v) is 6.01. The maximum Gasteiger partial charge on any atom is 0.337 e. The number of ether oxygens (including phenoxy) is 1. The number of nitrogens with zero attached hydrogens (tertiary/aromatic N) is 3. The number of rotatable bonds is 1. The number of benzene rings is 1. The van der Waals surface area contributed by atoms with Crippen molar-refractivity contribution in [3.05, 3.63) is 40.9 Å². The summed E-state index contributed by atoms with van der Waals surface area (Å²) in [6.45, 7) is 1.89. The SMILES string of the molecule is COC(=O)c1ccc2c(c1)nc(Cl)n1cc(C)nc21. The number of carbonyl (C=O) groups excluding carboxylic acids is 1. The van der Waals surface area contributed by atoms with E-state index in [9.17, 15) is 4.79 Å². The number of aromatic nitrogens is 3. The molecule has 2 aromatic heterocycles. The second-order valence-electron chi connectivity index (χ2n) is 4.18. The Bertz CT molecular complexity index is 810. The van der Waals surface area contributed by atoms with E-state index in [1.807, 2.05) is 13.1 Å². The van der Waals surface area contributed by atoms with E-state index < -0.39 is 5.97 Å². The molecule has 0 atom stereocenters. The minimum Gasteiger partial charge on any atom is -0.465 e. The van der Waals surface area contributed by atoms with Crippen LogP contribution in [0.1, 0.15) is 16.1 Å². The van der Waals surface area contributed by atoms with E-state index in [2.05, 4.69) is 14.7 Å². The Labute approximate surface area is 113 Å². The molecule has 3 aromatic rings. The van der Waals surface area contributed by atoms with Gasteiger partial charge in [-0.25, -0.2) is 14.8 Å². The van der Waals surface area contributed by atoms with Gasteiger partial charge in [0.05, 0.1) is 23.9 Å². The predicted molar refractivity (Wildman–Crippen MR) is 71.6 cm³/mol. The van der Waals surface area contributed by atoms with E-state index in [0.717, 1.165) is 16.7 Å². The number of hydrogen-bond donors (Lipinski definition) is 0. The molecule has 0 saturated heterocycles. The van der Waals surface area contributed by atoms with Crippen LogP contribution in [0.15, 0.2) is 24.4 Å². The van der Waals surface area contributed by atoms with Crippen LogP contribution in [0.3, 0.4) is 0 Å². The smallest absolute Gasteiger partial charge is 0.337 e. The number of carbonyl (C=O) groups is 1. The Balaban J connectivity index is 2.36. The fraction of sp³-hybridized carbons (Fsp3) is 0.154. The molecule has 3 rings (SSSR count). The molecule has 0 amide bonds. The van der Waals surface area contributed by atoms with Crippen LogP contribution in [0, 0.1) is 6.92 Å². The van der Waals surface area contributed by atoms with Crippen LogP contribution in [0.2, 0.25) is 5.28 Å². The molecule has 19 heavy (non-hydrogen) atoms. The normalized spacial score (nSPS) is 11.1. The van der Waals surface area contributed by atoms with E-state index in [1.165, 1.54) is 7.11 Å². The first-order valence-electron chi connectivity index (χ1n) is 5.63. The zero-order valence-electron chi connectivity index (χ0n) is 10.3. The molecule has 0 aliphatic rings. The van der Waals surface area contributed by atoms with E-state index in [1.54, 1.807) is 22.6 Å². The van der Waals surface area contributed by atoms with E-state index in [-0.39, 0.29) is 0 Å². The molecule has 0 saturated carbocycles. The average molecular weight is 276 g/mol. The molecule has 0 aliphatic carbocycles. The van der Waals surface area contributed by atoms with Gasteiger partial charge in [0.15, 0.2) is 0 Å². The van der Waals surface area contributed by atoms with Crippen LogP contribution in [-0.2, 0) is 4.74 Å². The van der Waals surface area contributed by atoms with Crippen LogP contribution in [0.4, 0.5) is 0 Å². The third kappa shape index (κ3) is 1.82. The standard InChI is InChI=1S/C13H10ClN3O2/c1-7-6-17-11(15-7)9-4-3-8(12(18)19-2)5-10(9)16-13(17)14/h3-6H,1-2H3. The molecule has 0 bridgehead atoms. The Hall–Kier alpha value is -2.14. The molecule has 0 N–H and O–H groups in total. The summed E-state index contributed by atoms with van der Waals surface area (Å²) in [6.07, 6.45) is 1.82. The Morgan fingerprint density at radius 3 is 2.89 bits per heavy atom. The van der Waals surface area contributed by atoms with Crippen molar-refractivity contribution in [1.29, 1.82) is 0 Å². The third-order valence-corrected chi connectivity index (χ3v) is 3.16. The Kier molecular flexibility index (Phi) is 2.64. The zero-order valence-corrected chi connectivity index (χ0v) is 11.1. The summed E-state index contributed by atoms with van der Waals surface area (Å²) in [4.78, 5) is 20.2. The summed E-state index contributed by atoms with van der Waals surface area (Å²) in [5, 5.41) is 1.15. The summed E-state index contributed by atoms with van der Waals surface area (Å²) in [7, 11) is 1.34. The van der Waals surface area contributed by atoms with Gasteiger partial charge in [0.2, 0.25) is 5.28 Å². The van der Waals surface area contributed by atoms with Gasteiger partial charge in [0.1, 0.15) is 5.65 Å². The molecule has 5 nitrogen and oxygen atoms in total. The second-order valence-corrected chi connectivity index (χ2v) is 4.52. The molecule has 0 spiro atoms. The van der Waals surface area contributed by atoms with Crippen molar-refractivity contribution >= 4 is 34.1 Å². The van der Waals surface area contributed by atoms with Gasteiger partial charge in [-0.1, -0.05) is 0 Å². The Morgan fingerprint density at radius 2 is 2.16 bits per heavy atom. The van der Waals surface area contributed by atoms with Gasteiger partial charge in [-0.2, -0.15) is 0 Å². The van der Waals surface area contributed by atoms with Gasteiger partial charge in [0.25, 0.3) is 0 Å². The van der Waals surface area contributed by atoms with Crippen LogP contribution in [0.5, 0.6) is 0 Å². The molecule has 2 heterocycles. The fourth-order valence-corrected chi connectivity index (χ4v) is 2.26. The first-order chi connectivity index (χ1) is 9.10. The maximum atomic E-state index is 11.5. The van der Waals surface area contributed by atoms with Crippen molar-refractivity contribution in [2.45, 2.75) is 6.92 Å². The lowest BCUT2D eigenvalue weighted by Crippen LogP contribution is -2.01. The van der Waals surface area contributed by atoms with Gasteiger partial charge >= 0.3 is 5.97 Å².